The number of hydrogen-bond donors (Lipinski definition) is 1. The smallest absolute Gasteiger partial charge is 0.311 e. The minimum absolute atomic E-state index is 0.0416. The molecule has 9 nitrogen and oxygen atoms in total. The number of ether oxygens (including phenoxy) is 2. The van der Waals surface area contributed by atoms with Gasteiger partial charge in [-0.25, -0.2) is 0 Å². The summed E-state index contributed by atoms with van der Waals surface area (Å²) < 4.78 is 10.5. The van der Waals surface area contributed by atoms with Gasteiger partial charge in [0.1, 0.15) is 11.9 Å². The van der Waals surface area contributed by atoms with Gasteiger partial charge in [-0.2, -0.15) is 0 Å². The van der Waals surface area contributed by atoms with Crippen LogP contribution in [0.15, 0.2) is 0 Å². The van der Waals surface area contributed by atoms with Gasteiger partial charge >= 0.3 is 11.9 Å². The van der Waals surface area contributed by atoms with Gasteiger partial charge in [0, 0.05) is 31.5 Å². The molecule has 1 aliphatic rings. The van der Waals surface area contributed by atoms with Crippen LogP contribution in [0.2, 0.25) is 0 Å². The molecule has 1 aliphatic carbocycles. The summed E-state index contributed by atoms with van der Waals surface area (Å²) >= 11 is 0. The summed E-state index contributed by atoms with van der Waals surface area (Å²) in [6.07, 6.45) is 46.5. The van der Waals surface area contributed by atoms with E-state index in [9.17, 15) is 19.2 Å². The summed E-state index contributed by atoms with van der Waals surface area (Å²) in [5, 5.41) is 3.57. The Hall–Kier alpha value is -2.00. The van der Waals surface area contributed by atoms with Crippen molar-refractivity contribution in [2.45, 2.75) is 332 Å². The molecule has 1 unspecified atom stereocenters. The number of esters is 2. The Labute approximate surface area is 462 Å². The zero-order chi connectivity index (χ0) is 56.3. The first-order chi connectivity index (χ1) is 35.3. The minimum atomic E-state index is -0.341. The van der Waals surface area contributed by atoms with Gasteiger partial charge in [0.25, 0.3) is 0 Å². The molecule has 1 amide bonds. The summed E-state index contributed by atoms with van der Waals surface area (Å²) in [6, 6.07) is 0.405. The van der Waals surface area contributed by atoms with E-state index in [1.807, 2.05) is 33.0 Å². The molecule has 442 valence electrons. The molecule has 1 N–H and O–H groups in total. The highest BCUT2D eigenvalue weighted by molar-refractivity contribution is 5.82. The van der Waals surface area contributed by atoms with E-state index in [0.717, 1.165) is 83.2 Å². The molecule has 1 fully saturated rings. The van der Waals surface area contributed by atoms with Crippen LogP contribution >= 0.6 is 0 Å². The summed E-state index contributed by atoms with van der Waals surface area (Å²) in [4.78, 5) is 50.6. The van der Waals surface area contributed by atoms with E-state index >= 15 is 0 Å². The van der Waals surface area contributed by atoms with Crippen molar-refractivity contribution >= 4 is 23.6 Å². The first-order valence-corrected chi connectivity index (χ1v) is 31.7. The highest BCUT2D eigenvalue weighted by atomic mass is 16.5. The third-order valence-electron chi connectivity index (χ3n) is 14.9. The van der Waals surface area contributed by atoms with Crippen molar-refractivity contribution in [3.05, 3.63) is 0 Å². The SMILES string of the molecule is CCCC(C)=O.CCCCCCCCC(CCCCCCCC)OC(=O)C(C)(C)CCCCCCC.CCCCCCCCCCC(CC)N(C)C(=O)C(C)(C)CCCCNCC1CC1.COC(=O)CCN(C)C. The van der Waals surface area contributed by atoms with Gasteiger partial charge in [-0.1, -0.05) is 209 Å². The Morgan fingerprint density at radius 1 is 0.541 bits per heavy atom. The van der Waals surface area contributed by atoms with Crippen LogP contribution in [0.1, 0.15) is 320 Å². The number of unbranched alkanes of at least 4 members (excludes halogenated alkanes) is 22. The lowest BCUT2D eigenvalue weighted by Crippen LogP contribution is -2.44. The fraction of sp³-hybridized carbons (Fsp3) is 0.938. The largest absolute Gasteiger partial charge is 0.469 e. The molecule has 9 heteroatoms. The normalized spacial score (nSPS) is 12.8. The van der Waals surface area contributed by atoms with Crippen LogP contribution in [0.5, 0.6) is 0 Å². The van der Waals surface area contributed by atoms with E-state index in [-0.39, 0.29) is 34.7 Å². The van der Waals surface area contributed by atoms with Crippen LogP contribution in [-0.4, -0.2) is 93.5 Å². The van der Waals surface area contributed by atoms with Gasteiger partial charge in [0.05, 0.1) is 18.9 Å². The molecule has 0 aromatic carbocycles. The highest BCUT2D eigenvalue weighted by Gasteiger charge is 2.33. The molecule has 0 spiro atoms. The van der Waals surface area contributed by atoms with Gasteiger partial charge in [-0.05, 0) is 131 Å². The lowest BCUT2D eigenvalue weighted by molar-refractivity contribution is -0.161. The fourth-order valence-corrected chi connectivity index (χ4v) is 9.30. The maximum absolute atomic E-state index is 13.1. The van der Waals surface area contributed by atoms with Crippen molar-refractivity contribution in [1.82, 2.24) is 15.1 Å². The average molecular weight is 1050 g/mol. The number of ketones is 1. The quantitative estimate of drug-likeness (QED) is 0.0475. The zero-order valence-corrected chi connectivity index (χ0v) is 52.6. The zero-order valence-electron chi connectivity index (χ0n) is 52.6. The van der Waals surface area contributed by atoms with Crippen LogP contribution in [0.3, 0.4) is 0 Å². The van der Waals surface area contributed by atoms with Crippen molar-refractivity contribution in [2.24, 2.45) is 16.7 Å². The van der Waals surface area contributed by atoms with Gasteiger partial charge in [0.15, 0.2) is 0 Å². The Balaban J connectivity index is -0.00000107. The summed E-state index contributed by atoms with van der Waals surface area (Å²) in [5.74, 6) is 1.48. The molecule has 0 radical (unpaired) electrons. The number of hydrogen-bond acceptors (Lipinski definition) is 8. The predicted octanol–water partition coefficient (Wildman–Crippen LogP) is 18.2. The molecule has 0 heterocycles. The number of Topliss-reactive ketones (excluding diaryl/α,β-unsaturated/α-hetero) is 1. The van der Waals surface area contributed by atoms with Crippen LogP contribution in [0.25, 0.3) is 0 Å². The number of carbonyl (C=O) groups excluding carboxylic acids is 4. The Morgan fingerprint density at radius 2 is 0.959 bits per heavy atom. The third kappa shape index (κ3) is 50.8. The number of carbonyl (C=O) groups is 4. The van der Waals surface area contributed by atoms with Crippen LogP contribution in [-0.2, 0) is 28.7 Å². The maximum Gasteiger partial charge on any atom is 0.311 e. The molecule has 1 atom stereocenters. The molecule has 74 heavy (non-hydrogen) atoms. The van der Waals surface area contributed by atoms with Gasteiger partial charge in [-0.15, -0.1) is 0 Å². The molecule has 0 saturated heterocycles. The molecule has 1 saturated carbocycles. The molecular formula is C65H131N3O6. The first kappa shape index (κ1) is 76.2. The van der Waals surface area contributed by atoms with Gasteiger partial charge < -0.3 is 29.4 Å². The lowest BCUT2D eigenvalue weighted by Gasteiger charge is -2.35. The molecule has 0 aromatic heterocycles. The molecule has 0 aliphatic heterocycles. The molecule has 0 bridgehead atoms. The van der Waals surface area contributed by atoms with Gasteiger partial charge in [-0.3, -0.25) is 14.4 Å². The number of amides is 1. The van der Waals surface area contributed by atoms with E-state index in [2.05, 4.69) is 77.3 Å². The standard InChI is InChI=1S/C28H56O2.C26H52N2O.C6H13NO2.C5H10O/c1-6-9-12-15-17-20-23-26(24-21-18-16-13-10-7-2)30-27(29)28(4,5)25-22-19-14-11-8-3;1-6-8-9-10-11-12-13-14-17-24(7-2)28(5)25(29)26(3,4)20-15-16-21-27-22-23-18-19-23;1-7(2)5-4-6(8)9-3;1-3-4-5(2)6/h26H,6-25H2,1-5H3;23-24,27H,6-22H2,1-5H3;4-5H2,1-3H3;3-4H2,1-2H3. The third-order valence-corrected chi connectivity index (χ3v) is 14.9. The molecule has 1 rings (SSSR count). The Bertz CT molecular complexity index is 1250. The fourth-order valence-electron chi connectivity index (χ4n) is 9.30. The van der Waals surface area contributed by atoms with Crippen molar-refractivity contribution < 1.29 is 28.7 Å². The van der Waals surface area contributed by atoms with E-state index < -0.39 is 0 Å². The summed E-state index contributed by atoms with van der Waals surface area (Å²) in [6.45, 7) is 26.4. The van der Waals surface area contributed by atoms with E-state index in [4.69, 9.17) is 4.74 Å². The van der Waals surface area contributed by atoms with Crippen molar-refractivity contribution in [1.29, 1.82) is 0 Å². The second kappa shape index (κ2) is 53.0. The first-order valence-electron chi connectivity index (χ1n) is 31.7. The van der Waals surface area contributed by atoms with Gasteiger partial charge in [0.2, 0.25) is 5.91 Å². The Morgan fingerprint density at radius 3 is 1.35 bits per heavy atom. The van der Waals surface area contributed by atoms with Crippen LogP contribution < -0.4 is 5.32 Å². The number of nitrogens with one attached hydrogen (secondary N) is 1. The number of rotatable bonds is 46. The van der Waals surface area contributed by atoms with Crippen molar-refractivity contribution in [3.8, 4) is 0 Å². The van der Waals surface area contributed by atoms with Crippen LogP contribution in [0.4, 0.5) is 0 Å². The van der Waals surface area contributed by atoms with E-state index in [0.29, 0.717) is 18.4 Å². The minimum Gasteiger partial charge on any atom is -0.469 e. The van der Waals surface area contributed by atoms with Crippen LogP contribution in [0, 0.1) is 16.7 Å². The van der Waals surface area contributed by atoms with E-state index in [1.165, 1.54) is 187 Å². The summed E-state index contributed by atoms with van der Waals surface area (Å²) in [7, 11) is 7.28. The number of methoxy groups -OCH3 is 1. The second-order valence-corrected chi connectivity index (χ2v) is 24.0. The molecule has 0 aromatic rings. The monoisotopic (exact) mass is 1050 g/mol. The van der Waals surface area contributed by atoms with E-state index in [1.54, 1.807) is 6.92 Å². The van der Waals surface area contributed by atoms with Crippen molar-refractivity contribution in [2.75, 3.05) is 47.9 Å². The second-order valence-electron chi connectivity index (χ2n) is 24.0. The lowest BCUT2D eigenvalue weighted by atomic mass is 9.85. The maximum atomic E-state index is 13.1. The Kier molecular flexibility index (Phi) is 54.6. The number of nitrogens with zero attached hydrogens (tertiary/aromatic N) is 2. The highest BCUT2D eigenvalue weighted by Crippen LogP contribution is 2.30. The summed E-state index contributed by atoms with van der Waals surface area (Å²) in [5.41, 5.74) is -0.579. The average Bonchev–Trinajstić information content (AvgIpc) is 4.20. The van der Waals surface area contributed by atoms with Crippen molar-refractivity contribution in [3.63, 3.8) is 0 Å². The predicted molar refractivity (Wildman–Crippen MR) is 321 cm³/mol. The molecular weight excluding hydrogens is 919 g/mol. The topological polar surface area (TPSA) is 105 Å².